The Morgan fingerprint density at radius 1 is 1.39 bits per heavy atom. The highest BCUT2D eigenvalue weighted by atomic mass is 16.4. The van der Waals surface area contributed by atoms with Crippen LogP contribution in [0.5, 0.6) is 0 Å². The largest absolute Gasteiger partial charge is 0.480 e. The van der Waals surface area contributed by atoms with E-state index in [0.29, 0.717) is 0 Å². The summed E-state index contributed by atoms with van der Waals surface area (Å²) in [5.41, 5.74) is -0.519. The van der Waals surface area contributed by atoms with Crippen LogP contribution in [0.25, 0.3) is 0 Å². The molecule has 0 spiro atoms. The van der Waals surface area contributed by atoms with Crippen LogP contribution in [0.3, 0.4) is 0 Å². The molecule has 1 atom stereocenters. The maximum atomic E-state index is 11.8. The first-order valence-corrected chi connectivity index (χ1v) is 5.54. The van der Waals surface area contributed by atoms with E-state index in [4.69, 9.17) is 5.11 Å². The van der Waals surface area contributed by atoms with Gasteiger partial charge in [-0.2, -0.15) is 0 Å². The van der Waals surface area contributed by atoms with Gasteiger partial charge in [-0.15, -0.1) is 0 Å². The number of hydrogen-bond acceptors (Lipinski definition) is 3. The highest BCUT2D eigenvalue weighted by Gasteiger charge is 2.24. The summed E-state index contributed by atoms with van der Waals surface area (Å²) in [5, 5.41) is 11.3. The van der Waals surface area contributed by atoms with Crippen LogP contribution in [0, 0.1) is 5.92 Å². The first-order chi connectivity index (χ1) is 8.34. The maximum Gasteiger partial charge on any atom is 0.326 e. The lowest BCUT2D eigenvalue weighted by atomic mass is 10.0. The van der Waals surface area contributed by atoms with E-state index in [2.05, 4.69) is 5.32 Å². The molecule has 0 aliphatic heterocycles. The van der Waals surface area contributed by atoms with E-state index in [-0.39, 0.29) is 11.5 Å². The Bertz CT molecular complexity index is 519. The van der Waals surface area contributed by atoms with Crippen LogP contribution in [-0.4, -0.2) is 27.6 Å². The average Bonchev–Trinajstić information content (AvgIpc) is 2.28. The lowest BCUT2D eigenvalue weighted by molar-refractivity contribution is -0.140. The van der Waals surface area contributed by atoms with Crippen LogP contribution in [0.15, 0.2) is 23.1 Å². The SMILES string of the molecule is CC(C)[C@@H](NC(=O)c1cccn(C)c1=O)C(=O)O. The van der Waals surface area contributed by atoms with Crippen molar-refractivity contribution in [3.63, 3.8) is 0 Å². The molecule has 1 amide bonds. The zero-order valence-corrected chi connectivity index (χ0v) is 10.5. The third kappa shape index (κ3) is 2.97. The fraction of sp³-hybridized carbons (Fsp3) is 0.417. The summed E-state index contributed by atoms with van der Waals surface area (Å²) < 4.78 is 1.26. The highest BCUT2D eigenvalue weighted by Crippen LogP contribution is 2.03. The number of carboxylic acids is 1. The van der Waals surface area contributed by atoms with E-state index in [9.17, 15) is 14.4 Å². The molecule has 6 heteroatoms. The van der Waals surface area contributed by atoms with Gasteiger partial charge in [0.1, 0.15) is 11.6 Å². The molecule has 18 heavy (non-hydrogen) atoms. The molecule has 0 saturated heterocycles. The van der Waals surface area contributed by atoms with Crippen molar-refractivity contribution in [3.8, 4) is 0 Å². The van der Waals surface area contributed by atoms with Gasteiger partial charge in [0.05, 0.1) is 0 Å². The Balaban J connectivity index is 2.98. The molecule has 1 aromatic rings. The van der Waals surface area contributed by atoms with E-state index in [0.717, 1.165) is 0 Å². The van der Waals surface area contributed by atoms with Gasteiger partial charge in [0, 0.05) is 13.2 Å². The fourth-order valence-corrected chi connectivity index (χ4v) is 1.50. The second kappa shape index (κ2) is 5.48. The molecule has 0 aromatic carbocycles. The van der Waals surface area contributed by atoms with E-state index in [1.165, 1.54) is 23.9 Å². The van der Waals surface area contributed by atoms with Gasteiger partial charge in [0.25, 0.3) is 11.5 Å². The molecule has 1 heterocycles. The standard InChI is InChI=1S/C12H16N2O4/c1-7(2)9(12(17)18)13-10(15)8-5-4-6-14(3)11(8)16/h4-7,9H,1-3H3,(H,13,15)(H,17,18)/t9-/m1/s1. The summed E-state index contributed by atoms with van der Waals surface area (Å²) in [6.07, 6.45) is 1.52. The van der Waals surface area contributed by atoms with E-state index in [1.54, 1.807) is 19.9 Å². The van der Waals surface area contributed by atoms with Crippen molar-refractivity contribution in [2.75, 3.05) is 0 Å². The van der Waals surface area contributed by atoms with Crippen LogP contribution in [0.1, 0.15) is 24.2 Å². The van der Waals surface area contributed by atoms with Crippen LogP contribution >= 0.6 is 0 Å². The lowest BCUT2D eigenvalue weighted by Gasteiger charge is -2.17. The van der Waals surface area contributed by atoms with Crippen LogP contribution < -0.4 is 10.9 Å². The van der Waals surface area contributed by atoms with Crippen molar-refractivity contribution in [3.05, 3.63) is 34.2 Å². The number of aromatic nitrogens is 1. The highest BCUT2D eigenvalue weighted by molar-refractivity contribution is 5.96. The molecule has 0 aliphatic carbocycles. The molecule has 0 aliphatic rings. The van der Waals surface area contributed by atoms with Gasteiger partial charge in [-0.05, 0) is 18.1 Å². The number of amides is 1. The zero-order chi connectivity index (χ0) is 13.9. The molecule has 0 saturated carbocycles. The Hall–Kier alpha value is -2.11. The number of carboxylic acid groups (broad SMARTS) is 1. The third-order valence-electron chi connectivity index (χ3n) is 2.59. The quantitative estimate of drug-likeness (QED) is 0.802. The topological polar surface area (TPSA) is 88.4 Å². The van der Waals surface area contributed by atoms with Gasteiger partial charge in [-0.25, -0.2) is 4.79 Å². The number of nitrogens with zero attached hydrogens (tertiary/aromatic N) is 1. The van der Waals surface area contributed by atoms with Crippen molar-refractivity contribution >= 4 is 11.9 Å². The van der Waals surface area contributed by atoms with Crippen molar-refractivity contribution in [2.45, 2.75) is 19.9 Å². The molecule has 0 unspecified atom stereocenters. The minimum atomic E-state index is -1.12. The maximum absolute atomic E-state index is 11.8. The Morgan fingerprint density at radius 2 is 2.00 bits per heavy atom. The monoisotopic (exact) mass is 252 g/mol. The summed E-state index contributed by atoms with van der Waals surface area (Å²) >= 11 is 0. The van der Waals surface area contributed by atoms with Gasteiger partial charge < -0.3 is 15.0 Å². The van der Waals surface area contributed by atoms with Gasteiger partial charge in [0.15, 0.2) is 0 Å². The number of aliphatic carboxylic acids is 1. The average molecular weight is 252 g/mol. The normalized spacial score (nSPS) is 12.2. The fourth-order valence-electron chi connectivity index (χ4n) is 1.50. The number of aryl methyl sites for hydroxylation is 1. The van der Waals surface area contributed by atoms with Crippen molar-refractivity contribution in [1.29, 1.82) is 0 Å². The first kappa shape index (κ1) is 14.0. The van der Waals surface area contributed by atoms with Crippen LogP contribution in [0.2, 0.25) is 0 Å². The van der Waals surface area contributed by atoms with E-state index < -0.39 is 23.5 Å². The van der Waals surface area contributed by atoms with E-state index in [1.807, 2.05) is 0 Å². The van der Waals surface area contributed by atoms with E-state index >= 15 is 0 Å². The Labute approximate surface area is 104 Å². The predicted molar refractivity (Wildman–Crippen MR) is 65.4 cm³/mol. The molecule has 0 radical (unpaired) electrons. The number of nitrogens with one attached hydrogen (secondary N) is 1. The summed E-state index contributed by atoms with van der Waals surface area (Å²) in [6, 6.07) is 1.92. The summed E-state index contributed by atoms with van der Waals surface area (Å²) in [4.78, 5) is 34.5. The number of pyridine rings is 1. The lowest BCUT2D eigenvalue weighted by Crippen LogP contribution is -2.45. The van der Waals surface area contributed by atoms with Crippen molar-refractivity contribution in [1.82, 2.24) is 9.88 Å². The minimum absolute atomic E-state index is 0.0631. The Morgan fingerprint density at radius 3 is 2.50 bits per heavy atom. The molecule has 98 valence electrons. The number of rotatable bonds is 4. The minimum Gasteiger partial charge on any atom is -0.480 e. The van der Waals surface area contributed by atoms with Gasteiger partial charge >= 0.3 is 5.97 Å². The molecule has 6 nitrogen and oxygen atoms in total. The number of carbonyl (C=O) groups excluding carboxylic acids is 1. The molecule has 2 N–H and O–H groups in total. The summed E-state index contributed by atoms with van der Waals surface area (Å²) in [6.45, 7) is 3.37. The second-order valence-electron chi connectivity index (χ2n) is 4.37. The molecule has 0 bridgehead atoms. The molecular weight excluding hydrogens is 236 g/mol. The van der Waals surface area contributed by atoms with Crippen LogP contribution in [0.4, 0.5) is 0 Å². The summed E-state index contributed by atoms with van der Waals surface area (Å²) in [7, 11) is 1.52. The first-order valence-electron chi connectivity index (χ1n) is 5.54. The molecular formula is C12H16N2O4. The molecule has 1 aromatic heterocycles. The molecule has 1 rings (SSSR count). The van der Waals surface area contributed by atoms with Crippen LogP contribution in [-0.2, 0) is 11.8 Å². The smallest absolute Gasteiger partial charge is 0.326 e. The number of hydrogen-bond donors (Lipinski definition) is 2. The predicted octanol–water partition coefficient (Wildman–Crippen LogP) is 0.224. The molecule has 0 fully saturated rings. The summed E-state index contributed by atoms with van der Waals surface area (Å²) in [5.74, 6) is -2.05. The van der Waals surface area contributed by atoms with Crippen molar-refractivity contribution in [2.24, 2.45) is 13.0 Å². The van der Waals surface area contributed by atoms with Crippen molar-refractivity contribution < 1.29 is 14.7 Å². The van der Waals surface area contributed by atoms with Gasteiger partial charge in [-0.3, -0.25) is 9.59 Å². The Kier molecular flexibility index (Phi) is 4.25. The van der Waals surface area contributed by atoms with Gasteiger partial charge in [-0.1, -0.05) is 13.8 Å². The number of carbonyl (C=O) groups is 2. The second-order valence-corrected chi connectivity index (χ2v) is 4.37. The zero-order valence-electron chi connectivity index (χ0n) is 10.5. The third-order valence-corrected chi connectivity index (χ3v) is 2.59. The van der Waals surface area contributed by atoms with Gasteiger partial charge in [0.2, 0.25) is 0 Å².